The van der Waals surface area contributed by atoms with E-state index in [4.69, 9.17) is 9.47 Å². The van der Waals surface area contributed by atoms with Gasteiger partial charge in [-0.25, -0.2) is 0 Å². The summed E-state index contributed by atoms with van der Waals surface area (Å²) >= 11 is 0. The molecule has 1 aromatic rings. The molecule has 138 valence electrons. The molecule has 2 amide bonds. The van der Waals surface area contributed by atoms with Crippen molar-refractivity contribution < 1.29 is 19.1 Å². The van der Waals surface area contributed by atoms with E-state index in [-0.39, 0.29) is 11.8 Å². The SMILES string of the molecule is CCCOc1ccc(C(=O)NNC(=O)CCC2CCCC2)cc1OC. The third-order valence-electron chi connectivity index (χ3n) is 4.46. The first-order valence-electron chi connectivity index (χ1n) is 9.04. The molecule has 0 atom stereocenters. The number of methoxy groups -OCH3 is 1. The molecule has 0 bridgehead atoms. The number of ether oxygens (including phenoxy) is 2. The number of hydrazine groups is 1. The van der Waals surface area contributed by atoms with Gasteiger partial charge in [-0.05, 0) is 37.0 Å². The van der Waals surface area contributed by atoms with E-state index in [2.05, 4.69) is 10.9 Å². The molecule has 0 unspecified atom stereocenters. The Bertz CT molecular complexity index is 583. The molecule has 0 aliphatic heterocycles. The Morgan fingerprint density at radius 2 is 1.92 bits per heavy atom. The molecule has 25 heavy (non-hydrogen) atoms. The van der Waals surface area contributed by atoms with E-state index in [0.29, 0.717) is 36.0 Å². The van der Waals surface area contributed by atoms with Crippen LogP contribution < -0.4 is 20.3 Å². The third-order valence-corrected chi connectivity index (χ3v) is 4.46. The van der Waals surface area contributed by atoms with Gasteiger partial charge in [0, 0.05) is 12.0 Å². The molecule has 2 N–H and O–H groups in total. The molecule has 0 saturated heterocycles. The summed E-state index contributed by atoms with van der Waals surface area (Å²) in [6.07, 6.45) is 7.18. The van der Waals surface area contributed by atoms with Crippen molar-refractivity contribution in [2.45, 2.75) is 51.9 Å². The van der Waals surface area contributed by atoms with Crippen LogP contribution in [-0.4, -0.2) is 25.5 Å². The molecule has 0 aromatic heterocycles. The van der Waals surface area contributed by atoms with Crippen molar-refractivity contribution in [3.63, 3.8) is 0 Å². The van der Waals surface area contributed by atoms with Crippen LogP contribution >= 0.6 is 0 Å². The normalized spacial score (nSPS) is 14.2. The summed E-state index contributed by atoms with van der Waals surface area (Å²) in [6, 6.07) is 4.95. The van der Waals surface area contributed by atoms with Gasteiger partial charge in [-0.15, -0.1) is 0 Å². The highest BCUT2D eigenvalue weighted by atomic mass is 16.5. The number of carbonyl (C=O) groups excluding carboxylic acids is 2. The van der Waals surface area contributed by atoms with Crippen LogP contribution in [0.4, 0.5) is 0 Å². The van der Waals surface area contributed by atoms with Crippen molar-refractivity contribution >= 4 is 11.8 Å². The number of benzene rings is 1. The molecule has 1 aromatic carbocycles. The molecule has 2 rings (SSSR count). The fraction of sp³-hybridized carbons (Fsp3) is 0.579. The Labute approximate surface area is 149 Å². The maximum Gasteiger partial charge on any atom is 0.269 e. The highest BCUT2D eigenvalue weighted by Gasteiger charge is 2.17. The molecular formula is C19H28N2O4. The van der Waals surface area contributed by atoms with Crippen molar-refractivity contribution in [1.82, 2.24) is 10.9 Å². The van der Waals surface area contributed by atoms with Crippen molar-refractivity contribution in [2.24, 2.45) is 5.92 Å². The molecule has 0 heterocycles. The van der Waals surface area contributed by atoms with Gasteiger partial charge in [0.2, 0.25) is 5.91 Å². The highest BCUT2D eigenvalue weighted by molar-refractivity contribution is 5.96. The Morgan fingerprint density at radius 3 is 2.60 bits per heavy atom. The van der Waals surface area contributed by atoms with E-state index in [1.165, 1.54) is 32.8 Å². The molecule has 6 heteroatoms. The van der Waals surface area contributed by atoms with E-state index in [1.807, 2.05) is 6.92 Å². The number of carbonyl (C=O) groups is 2. The Morgan fingerprint density at radius 1 is 1.16 bits per heavy atom. The van der Waals surface area contributed by atoms with E-state index >= 15 is 0 Å². The minimum atomic E-state index is -0.380. The van der Waals surface area contributed by atoms with Gasteiger partial charge < -0.3 is 9.47 Å². The van der Waals surface area contributed by atoms with Gasteiger partial charge in [0.05, 0.1) is 13.7 Å². The maximum absolute atomic E-state index is 12.2. The second-order valence-electron chi connectivity index (χ2n) is 6.41. The fourth-order valence-corrected chi connectivity index (χ4v) is 3.04. The van der Waals surface area contributed by atoms with E-state index < -0.39 is 0 Å². The first-order chi connectivity index (χ1) is 12.1. The lowest BCUT2D eigenvalue weighted by Crippen LogP contribution is -2.41. The number of rotatable bonds is 8. The largest absolute Gasteiger partial charge is 0.493 e. The highest BCUT2D eigenvalue weighted by Crippen LogP contribution is 2.29. The minimum Gasteiger partial charge on any atom is -0.493 e. The van der Waals surface area contributed by atoms with Crippen LogP contribution in [0.5, 0.6) is 11.5 Å². The van der Waals surface area contributed by atoms with Crippen molar-refractivity contribution in [1.29, 1.82) is 0 Å². The zero-order chi connectivity index (χ0) is 18.1. The topological polar surface area (TPSA) is 76.7 Å². The standard InChI is InChI=1S/C19H28N2O4/c1-3-12-25-16-10-9-15(13-17(16)24-2)19(23)21-20-18(22)11-8-14-6-4-5-7-14/h9-10,13-14H,3-8,11-12H2,1-2H3,(H,20,22)(H,21,23). The quantitative estimate of drug-likeness (QED) is 0.707. The molecular weight excluding hydrogens is 320 g/mol. The molecule has 1 aliphatic carbocycles. The van der Waals surface area contributed by atoms with Gasteiger partial charge in [0.25, 0.3) is 5.91 Å². The van der Waals surface area contributed by atoms with Gasteiger partial charge in [0.15, 0.2) is 11.5 Å². The summed E-state index contributed by atoms with van der Waals surface area (Å²) in [5.41, 5.74) is 5.33. The number of nitrogens with one attached hydrogen (secondary N) is 2. The average molecular weight is 348 g/mol. The van der Waals surface area contributed by atoms with Gasteiger partial charge in [-0.2, -0.15) is 0 Å². The van der Waals surface area contributed by atoms with Crippen LogP contribution in [0.1, 0.15) is 62.2 Å². The summed E-state index contributed by atoms with van der Waals surface area (Å²) in [7, 11) is 1.53. The predicted octanol–water partition coefficient (Wildman–Crippen LogP) is 3.22. The van der Waals surface area contributed by atoms with Gasteiger partial charge in [-0.3, -0.25) is 20.4 Å². The van der Waals surface area contributed by atoms with Crippen LogP contribution in [0.2, 0.25) is 0 Å². The van der Waals surface area contributed by atoms with E-state index in [9.17, 15) is 9.59 Å². The Kier molecular flexibility index (Phi) is 7.57. The maximum atomic E-state index is 12.2. The lowest BCUT2D eigenvalue weighted by Gasteiger charge is -2.12. The molecule has 1 saturated carbocycles. The fourth-order valence-electron chi connectivity index (χ4n) is 3.04. The summed E-state index contributed by atoms with van der Waals surface area (Å²) in [6.45, 7) is 2.60. The van der Waals surface area contributed by atoms with Gasteiger partial charge in [-0.1, -0.05) is 32.6 Å². The van der Waals surface area contributed by atoms with Crippen molar-refractivity contribution in [3.8, 4) is 11.5 Å². The van der Waals surface area contributed by atoms with Crippen LogP contribution in [-0.2, 0) is 4.79 Å². The zero-order valence-electron chi connectivity index (χ0n) is 15.1. The van der Waals surface area contributed by atoms with Crippen LogP contribution in [0.15, 0.2) is 18.2 Å². The number of hydrogen-bond donors (Lipinski definition) is 2. The van der Waals surface area contributed by atoms with E-state index in [1.54, 1.807) is 18.2 Å². The molecule has 6 nitrogen and oxygen atoms in total. The predicted molar refractivity (Wildman–Crippen MR) is 95.6 cm³/mol. The zero-order valence-corrected chi connectivity index (χ0v) is 15.1. The summed E-state index contributed by atoms with van der Waals surface area (Å²) in [5, 5.41) is 0. The number of amides is 2. The lowest BCUT2D eigenvalue weighted by molar-refractivity contribution is -0.122. The molecule has 1 aliphatic rings. The Balaban J connectivity index is 1.81. The van der Waals surface area contributed by atoms with E-state index in [0.717, 1.165) is 12.8 Å². The lowest BCUT2D eigenvalue weighted by atomic mass is 10.0. The third kappa shape index (κ3) is 5.96. The second kappa shape index (κ2) is 9.91. The Hall–Kier alpha value is -2.24. The first-order valence-corrected chi connectivity index (χ1v) is 9.04. The smallest absolute Gasteiger partial charge is 0.269 e. The van der Waals surface area contributed by atoms with Crippen LogP contribution in [0.3, 0.4) is 0 Å². The van der Waals surface area contributed by atoms with Crippen molar-refractivity contribution in [2.75, 3.05) is 13.7 Å². The number of hydrogen-bond acceptors (Lipinski definition) is 4. The molecule has 1 fully saturated rings. The first kappa shape index (κ1) is 19.1. The van der Waals surface area contributed by atoms with Gasteiger partial charge >= 0.3 is 0 Å². The summed E-state index contributed by atoms with van der Waals surface area (Å²) < 4.78 is 10.8. The van der Waals surface area contributed by atoms with Crippen LogP contribution in [0.25, 0.3) is 0 Å². The average Bonchev–Trinajstić information content (AvgIpc) is 3.16. The summed E-state index contributed by atoms with van der Waals surface area (Å²) in [4.78, 5) is 24.0. The van der Waals surface area contributed by atoms with Gasteiger partial charge in [0.1, 0.15) is 0 Å². The van der Waals surface area contributed by atoms with Crippen molar-refractivity contribution in [3.05, 3.63) is 23.8 Å². The summed E-state index contributed by atoms with van der Waals surface area (Å²) in [5.74, 6) is 1.21. The minimum absolute atomic E-state index is 0.157. The molecule has 0 spiro atoms. The monoisotopic (exact) mass is 348 g/mol. The second-order valence-corrected chi connectivity index (χ2v) is 6.41. The van der Waals surface area contributed by atoms with Crippen LogP contribution in [0, 0.1) is 5.92 Å². The molecule has 0 radical (unpaired) electrons.